The van der Waals surface area contributed by atoms with E-state index in [1.165, 1.54) is 18.4 Å². The maximum atomic E-state index is 8.98. The summed E-state index contributed by atoms with van der Waals surface area (Å²) in [6.45, 7) is 4.50. The number of hydrogen-bond acceptors (Lipinski definition) is 3. The van der Waals surface area contributed by atoms with Crippen LogP contribution in [0.1, 0.15) is 24.8 Å². The van der Waals surface area contributed by atoms with Crippen LogP contribution in [0.2, 0.25) is 0 Å². The van der Waals surface area contributed by atoms with Crippen LogP contribution in [0.5, 0.6) is 0 Å². The van der Waals surface area contributed by atoms with Crippen molar-refractivity contribution in [1.29, 1.82) is 0 Å². The summed E-state index contributed by atoms with van der Waals surface area (Å²) in [7, 11) is 0. The lowest BCUT2D eigenvalue weighted by molar-refractivity contribution is 0.244. The molecular weight excluding hydrogens is 200 g/mol. The number of hydrogen-bond donors (Lipinski definition) is 1. The average molecular weight is 220 g/mol. The molecule has 0 spiro atoms. The molecule has 1 fully saturated rings. The normalized spacial score (nSPS) is 21.1. The van der Waals surface area contributed by atoms with Gasteiger partial charge in [-0.1, -0.05) is 6.07 Å². The Labute approximate surface area is 97.1 Å². The van der Waals surface area contributed by atoms with Gasteiger partial charge in [-0.3, -0.25) is 0 Å². The molecule has 0 amide bonds. The van der Waals surface area contributed by atoms with Crippen LogP contribution in [0.4, 0.5) is 5.82 Å². The molecule has 0 radical (unpaired) electrons. The van der Waals surface area contributed by atoms with E-state index in [4.69, 9.17) is 5.11 Å². The van der Waals surface area contributed by atoms with Gasteiger partial charge in [0.25, 0.3) is 0 Å². The quantitative estimate of drug-likeness (QED) is 0.846. The first kappa shape index (κ1) is 11.4. The van der Waals surface area contributed by atoms with Crippen molar-refractivity contribution in [2.24, 2.45) is 5.92 Å². The highest BCUT2D eigenvalue weighted by Crippen LogP contribution is 2.23. The predicted octanol–water partition coefficient (Wildman–Crippen LogP) is 1.99. The zero-order valence-electron chi connectivity index (χ0n) is 9.89. The number of aromatic nitrogens is 1. The second-order valence-corrected chi connectivity index (χ2v) is 4.66. The first-order valence-corrected chi connectivity index (χ1v) is 6.08. The highest BCUT2D eigenvalue weighted by atomic mass is 16.3. The zero-order valence-corrected chi connectivity index (χ0v) is 9.89. The molecule has 0 aromatic carbocycles. The fourth-order valence-corrected chi connectivity index (χ4v) is 2.34. The highest BCUT2D eigenvalue weighted by Gasteiger charge is 2.20. The number of nitrogens with zero attached hydrogens (tertiary/aromatic N) is 2. The van der Waals surface area contributed by atoms with Gasteiger partial charge in [0, 0.05) is 25.9 Å². The van der Waals surface area contributed by atoms with E-state index in [0.717, 1.165) is 25.3 Å². The van der Waals surface area contributed by atoms with E-state index in [1.54, 1.807) is 0 Å². The molecular formula is C13H20N2O. The van der Waals surface area contributed by atoms with Crippen molar-refractivity contribution < 1.29 is 5.11 Å². The Hall–Kier alpha value is -1.09. The molecule has 2 rings (SSSR count). The van der Waals surface area contributed by atoms with Crippen molar-refractivity contribution in [3.05, 3.63) is 23.9 Å². The van der Waals surface area contributed by atoms with E-state index >= 15 is 0 Å². The second-order valence-electron chi connectivity index (χ2n) is 4.66. The summed E-state index contributed by atoms with van der Waals surface area (Å²) in [5.41, 5.74) is 1.20. The lowest BCUT2D eigenvalue weighted by Crippen LogP contribution is -2.36. The fraction of sp³-hybridized carbons (Fsp3) is 0.615. The summed E-state index contributed by atoms with van der Waals surface area (Å²) >= 11 is 0. The predicted molar refractivity (Wildman–Crippen MR) is 65.6 cm³/mol. The van der Waals surface area contributed by atoms with Crippen molar-refractivity contribution in [3.63, 3.8) is 0 Å². The Balaban J connectivity index is 2.01. The fourth-order valence-electron chi connectivity index (χ4n) is 2.34. The minimum absolute atomic E-state index is 0.305. The third kappa shape index (κ3) is 2.73. The first-order chi connectivity index (χ1) is 7.79. The van der Waals surface area contributed by atoms with Gasteiger partial charge in [-0.05, 0) is 43.7 Å². The van der Waals surface area contributed by atoms with Crippen LogP contribution in [0.15, 0.2) is 18.3 Å². The minimum atomic E-state index is 0.305. The number of pyridine rings is 1. The molecule has 1 N–H and O–H groups in total. The van der Waals surface area contributed by atoms with Crippen LogP contribution in [-0.2, 0) is 0 Å². The topological polar surface area (TPSA) is 36.4 Å². The smallest absolute Gasteiger partial charge is 0.128 e. The van der Waals surface area contributed by atoms with Gasteiger partial charge in [0.1, 0.15) is 5.82 Å². The van der Waals surface area contributed by atoms with Crippen molar-refractivity contribution in [1.82, 2.24) is 4.98 Å². The van der Waals surface area contributed by atoms with Gasteiger partial charge in [-0.2, -0.15) is 0 Å². The van der Waals surface area contributed by atoms with Crippen LogP contribution >= 0.6 is 0 Å². The lowest BCUT2D eigenvalue weighted by Gasteiger charge is -2.33. The Morgan fingerprint density at radius 2 is 2.38 bits per heavy atom. The van der Waals surface area contributed by atoms with Gasteiger partial charge in [0.2, 0.25) is 0 Å². The van der Waals surface area contributed by atoms with Gasteiger partial charge < -0.3 is 10.0 Å². The van der Waals surface area contributed by atoms with Crippen LogP contribution in [0.3, 0.4) is 0 Å². The summed E-state index contributed by atoms with van der Waals surface area (Å²) in [6, 6.07) is 4.20. The van der Waals surface area contributed by atoms with E-state index in [2.05, 4.69) is 28.9 Å². The molecule has 1 atom stereocenters. The number of anilines is 1. The zero-order chi connectivity index (χ0) is 11.4. The van der Waals surface area contributed by atoms with Crippen LogP contribution in [0, 0.1) is 12.8 Å². The van der Waals surface area contributed by atoms with Crippen molar-refractivity contribution in [2.45, 2.75) is 26.2 Å². The molecule has 2 heterocycles. The molecule has 1 unspecified atom stereocenters. The van der Waals surface area contributed by atoms with E-state index in [9.17, 15) is 0 Å². The molecule has 1 aromatic rings. The standard InChI is InChI=1S/C13H20N2O/c1-11-4-5-13(14-9-11)15-7-2-3-12(10-15)6-8-16/h4-5,9,12,16H,2-3,6-8,10H2,1H3. The molecule has 0 aliphatic carbocycles. The maximum absolute atomic E-state index is 8.98. The SMILES string of the molecule is Cc1ccc(N2CCCC(CCO)C2)nc1. The molecule has 3 heteroatoms. The number of aryl methyl sites for hydroxylation is 1. The van der Waals surface area contributed by atoms with Crippen molar-refractivity contribution >= 4 is 5.82 Å². The van der Waals surface area contributed by atoms with E-state index < -0.39 is 0 Å². The van der Waals surface area contributed by atoms with Crippen molar-refractivity contribution in [2.75, 3.05) is 24.6 Å². The van der Waals surface area contributed by atoms with Crippen LogP contribution < -0.4 is 4.90 Å². The molecule has 16 heavy (non-hydrogen) atoms. The highest BCUT2D eigenvalue weighted by molar-refractivity contribution is 5.39. The van der Waals surface area contributed by atoms with Gasteiger partial charge in [-0.15, -0.1) is 0 Å². The largest absolute Gasteiger partial charge is 0.396 e. The van der Waals surface area contributed by atoms with Crippen LogP contribution in [-0.4, -0.2) is 29.8 Å². The number of rotatable bonds is 3. The monoisotopic (exact) mass is 220 g/mol. The van der Waals surface area contributed by atoms with Crippen LogP contribution in [0.25, 0.3) is 0 Å². The summed E-state index contributed by atoms with van der Waals surface area (Å²) in [5, 5.41) is 8.98. The summed E-state index contributed by atoms with van der Waals surface area (Å²) in [4.78, 5) is 6.80. The summed E-state index contributed by atoms with van der Waals surface area (Å²) in [5.74, 6) is 1.70. The third-order valence-corrected chi connectivity index (χ3v) is 3.28. The lowest BCUT2D eigenvalue weighted by atomic mass is 9.95. The molecule has 1 aliphatic heterocycles. The van der Waals surface area contributed by atoms with E-state index in [1.807, 2.05) is 6.20 Å². The van der Waals surface area contributed by atoms with Gasteiger partial charge >= 0.3 is 0 Å². The first-order valence-electron chi connectivity index (χ1n) is 6.08. The Morgan fingerprint density at radius 3 is 3.06 bits per heavy atom. The maximum Gasteiger partial charge on any atom is 0.128 e. The molecule has 88 valence electrons. The molecule has 0 saturated carbocycles. The number of piperidine rings is 1. The number of aliphatic hydroxyl groups excluding tert-OH is 1. The molecule has 0 bridgehead atoms. The Morgan fingerprint density at radius 1 is 1.50 bits per heavy atom. The van der Waals surface area contributed by atoms with Crippen molar-refractivity contribution in [3.8, 4) is 0 Å². The summed E-state index contributed by atoms with van der Waals surface area (Å²) in [6.07, 6.45) is 5.29. The minimum Gasteiger partial charge on any atom is -0.396 e. The average Bonchev–Trinajstić information content (AvgIpc) is 2.31. The van der Waals surface area contributed by atoms with Gasteiger partial charge in [-0.25, -0.2) is 4.98 Å². The Bertz CT molecular complexity index is 321. The van der Waals surface area contributed by atoms with Gasteiger partial charge in [0.15, 0.2) is 0 Å². The summed E-state index contributed by atoms with van der Waals surface area (Å²) < 4.78 is 0. The van der Waals surface area contributed by atoms with Gasteiger partial charge in [0.05, 0.1) is 0 Å². The molecule has 1 aliphatic rings. The molecule has 3 nitrogen and oxygen atoms in total. The van der Waals surface area contributed by atoms with E-state index in [0.29, 0.717) is 12.5 Å². The Kier molecular flexibility index (Phi) is 3.78. The molecule has 1 aromatic heterocycles. The number of aliphatic hydroxyl groups is 1. The second kappa shape index (κ2) is 5.30. The molecule has 1 saturated heterocycles. The van der Waals surface area contributed by atoms with E-state index in [-0.39, 0.29) is 0 Å². The third-order valence-electron chi connectivity index (χ3n) is 3.28.